The Morgan fingerprint density at radius 1 is 1.15 bits per heavy atom. The van der Waals surface area contributed by atoms with Crippen LogP contribution in [0, 0.1) is 9.39 Å². The smallest absolute Gasteiger partial charge is 0.351 e. The first-order valence-electron chi connectivity index (χ1n) is 7.50. The van der Waals surface area contributed by atoms with Crippen LogP contribution >= 0.6 is 34.2 Å². The summed E-state index contributed by atoms with van der Waals surface area (Å²) in [6.45, 7) is 0. The number of fused-ring (bicyclic) bond motifs is 1. The third-order valence-electron chi connectivity index (χ3n) is 4.02. The molecule has 0 bridgehead atoms. The molecule has 1 N–H and O–H groups in total. The summed E-state index contributed by atoms with van der Waals surface area (Å²) in [5, 5.41) is 8.17. The van der Waals surface area contributed by atoms with Crippen molar-refractivity contribution >= 4 is 45.1 Å². The molecule has 4 rings (SSSR count). The highest BCUT2D eigenvalue weighted by Gasteiger charge is 2.31. The van der Waals surface area contributed by atoms with Crippen molar-refractivity contribution in [2.75, 3.05) is 0 Å². The molecule has 0 aliphatic heterocycles. The number of rotatable bonds is 2. The molecule has 0 aliphatic carbocycles. The topological polar surface area (TPSA) is 46.5 Å². The number of aromatic nitrogens is 4. The minimum absolute atomic E-state index is 0.107. The Labute approximate surface area is 168 Å². The number of hydrogen-bond acceptors (Lipinski definition) is 2. The van der Waals surface area contributed by atoms with Gasteiger partial charge in [0, 0.05) is 14.5 Å². The number of alkyl halides is 3. The molecule has 2 heterocycles. The first kappa shape index (κ1) is 18.2. The maximum Gasteiger partial charge on any atom is 0.416 e. The summed E-state index contributed by atoms with van der Waals surface area (Å²) < 4.78 is 54.8. The highest BCUT2D eigenvalue weighted by molar-refractivity contribution is 14.1. The SMILES string of the molecule is Fc1cccc(-n2cnnc2-c2[nH]c3ccc(C(F)(F)F)cc3c2I)c1Cl. The van der Waals surface area contributed by atoms with E-state index in [-0.39, 0.29) is 5.02 Å². The fourth-order valence-electron chi connectivity index (χ4n) is 2.75. The van der Waals surface area contributed by atoms with Crippen molar-refractivity contribution in [3.8, 4) is 17.2 Å². The molecule has 0 saturated heterocycles. The molecule has 0 amide bonds. The normalized spacial score (nSPS) is 12.1. The van der Waals surface area contributed by atoms with Crippen LogP contribution in [0.15, 0.2) is 42.7 Å². The monoisotopic (exact) mass is 506 g/mol. The van der Waals surface area contributed by atoms with Crippen LogP contribution < -0.4 is 0 Å². The number of nitrogens with one attached hydrogen (secondary N) is 1. The molecule has 4 aromatic rings. The second kappa shape index (κ2) is 6.48. The highest BCUT2D eigenvalue weighted by atomic mass is 127. The summed E-state index contributed by atoms with van der Waals surface area (Å²) in [6.07, 6.45) is -3.08. The Morgan fingerprint density at radius 2 is 1.93 bits per heavy atom. The van der Waals surface area contributed by atoms with E-state index in [9.17, 15) is 17.6 Å². The summed E-state index contributed by atoms with van der Waals surface area (Å²) in [5.74, 6) is -0.299. The molecule has 0 unspecified atom stereocenters. The largest absolute Gasteiger partial charge is 0.416 e. The summed E-state index contributed by atoms with van der Waals surface area (Å²) in [6, 6.07) is 7.75. The van der Waals surface area contributed by atoms with Crippen molar-refractivity contribution in [1.29, 1.82) is 0 Å². The maximum absolute atomic E-state index is 13.8. The molecule has 0 spiro atoms. The van der Waals surface area contributed by atoms with Crippen LogP contribution in [0.2, 0.25) is 5.02 Å². The molecule has 27 heavy (non-hydrogen) atoms. The second-order valence-electron chi connectivity index (χ2n) is 5.67. The third-order valence-corrected chi connectivity index (χ3v) is 5.52. The Kier molecular flexibility index (Phi) is 4.38. The van der Waals surface area contributed by atoms with Crippen LogP contribution in [0.1, 0.15) is 5.56 Å². The van der Waals surface area contributed by atoms with Crippen LogP contribution in [0.3, 0.4) is 0 Å². The zero-order valence-corrected chi connectivity index (χ0v) is 16.1. The number of nitrogens with zero attached hydrogens (tertiary/aromatic N) is 3. The molecular weight excluding hydrogens is 499 g/mol. The number of benzene rings is 2. The van der Waals surface area contributed by atoms with Gasteiger partial charge in [-0.3, -0.25) is 4.57 Å². The van der Waals surface area contributed by atoms with Crippen molar-refractivity contribution in [3.63, 3.8) is 0 Å². The Balaban J connectivity index is 1.91. The van der Waals surface area contributed by atoms with Crippen LogP contribution in [0.5, 0.6) is 0 Å². The van der Waals surface area contributed by atoms with E-state index in [2.05, 4.69) is 15.2 Å². The summed E-state index contributed by atoms with van der Waals surface area (Å²) in [4.78, 5) is 3.05. The lowest BCUT2D eigenvalue weighted by Crippen LogP contribution is -2.04. The second-order valence-corrected chi connectivity index (χ2v) is 7.13. The van der Waals surface area contributed by atoms with Gasteiger partial charge in [0.05, 0.1) is 16.9 Å². The fourth-order valence-corrected chi connectivity index (χ4v) is 3.79. The zero-order valence-electron chi connectivity index (χ0n) is 13.2. The molecule has 0 aliphatic rings. The van der Waals surface area contributed by atoms with Crippen molar-refractivity contribution in [2.45, 2.75) is 6.18 Å². The lowest BCUT2D eigenvalue weighted by atomic mass is 10.1. The van der Waals surface area contributed by atoms with E-state index in [1.165, 1.54) is 29.1 Å². The van der Waals surface area contributed by atoms with E-state index in [1.807, 2.05) is 22.6 Å². The first-order valence-corrected chi connectivity index (χ1v) is 8.96. The predicted molar refractivity (Wildman–Crippen MR) is 101 cm³/mol. The Morgan fingerprint density at radius 3 is 2.67 bits per heavy atom. The minimum atomic E-state index is -4.44. The molecule has 10 heteroatoms. The molecule has 0 atom stereocenters. The Bertz CT molecular complexity index is 1170. The van der Waals surface area contributed by atoms with E-state index < -0.39 is 17.6 Å². The van der Waals surface area contributed by atoms with E-state index in [0.29, 0.717) is 31.7 Å². The van der Waals surface area contributed by atoms with Gasteiger partial charge in [-0.1, -0.05) is 17.7 Å². The maximum atomic E-state index is 13.8. The van der Waals surface area contributed by atoms with Gasteiger partial charge >= 0.3 is 6.18 Å². The molecule has 0 saturated carbocycles. The number of H-pyrrole nitrogens is 1. The van der Waals surface area contributed by atoms with Crippen LogP contribution in [0.4, 0.5) is 17.6 Å². The average Bonchev–Trinajstić information content (AvgIpc) is 3.21. The molecule has 2 aromatic carbocycles. The van der Waals surface area contributed by atoms with E-state index in [4.69, 9.17) is 11.6 Å². The molecule has 138 valence electrons. The summed E-state index contributed by atoms with van der Waals surface area (Å²) in [7, 11) is 0. The summed E-state index contributed by atoms with van der Waals surface area (Å²) >= 11 is 7.99. The Hall–Kier alpha value is -2.14. The predicted octanol–water partition coefficient (Wildman–Crippen LogP) is 5.83. The van der Waals surface area contributed by atoms with Crippen molar-refractivity contribution in [1.82, 2.24) is 19.7 Å². The molecule has 2 aromatic heterocycles. The third kappa shape index (κ3) is 3.08. The molecular formula is C17H8ClF4IN4. The van der Waals surface area contributed by atoms with Crippen molar-refractivity contribution in [3.05, 3.63) is 62.7 Å². The van der Waals surface area contributed by atoms with E-state index in [0.717, 1.165) is 12.1 Å². The van der Waals surface area contributed by atoms with Gasteiger partial charge in [0.25, 0.3) is 0 Å². The number of hydrogen-bond donors (Lipinski definition) is 1. The van der Waals surface area contributed by atoms with Crippen LogP contribution in [-0.4, -0.2) is 19.7 Å². The van der Waals surface area contributed by atoms with E-state index in [1.54, 1.807) is 6.07 Å². The lowest BCUT2D eigenvalue weighted by molar-refractivity contribution is -0.137. The van der Waals surface area contributed by atoms with Crippen LogP contribution in [-0.2, 0) is 6.18 Å². The molecule has 0 radical (unpaired) electrons. The van der Waals surface area contributed by atoms with Crippen molar-refractivity contribution < 1.29 is 17.6 Å². The standard InChI is InChI=1S/C17H8ClF4IN4/c18-13-10(19)2-1-3-12(13)27-7-24-26-16(27)15-14(23)9-6-8(17(20,21)22)4-5-11(9)25-15/h1-7,25H. The van der Waals surface area contributed by atoms with Gasteiger partial charge in [-0.2, -0.15) is 13.2 Å². The van der Waals surface area contributed by atoms with Gasteiger partial charge in [-0.25, -0.2) is 4.39 Å². The molecule has 0 fully saturated rings. The average molecular weight is 507 g/mol. The van der Waals surface area contributed by atoms with Gasteiger partial charge in [0.1, 0.15) is 17.2 Å². The van der Waals surface area contributed by atoms with Gasteiger partial charge in [0.15, 0.2) is 5.82 Å². The quantitative estimate of drug-likeness (QED) is 0.275. The lowest BCUT2D eigenvalue weighted by Gasteiger charge is -2.08. The fraction of sp³-hybridized carbons (Fsp3) is 0.0588. The van der Waals surface area contributed by atoms with Gasteiger partial charge in [0.2, 0.25) is 0 Å². The van der Waals surface area contributed by atoms with Gasteiger partial charge in [-0.05, 0) is 52.9 Å². The zero-order chi connectivity index (χ0) is 19.3. The highest BCUT2D eigenvalue weighted by Crippen LogP contribution is 2.37. The number of halogens is 6. The van der Waals surface area contributed by atoms with Crippen LogP contribution in [0.25, 0.3) is 28.1 Å². The number of aromatic amines is 1. The minimum Gasteiger partial charge on any atom is -0.351 e. The van der Waals surface area contributed by atoms with Crippen molar-refractivity contribution in [2.24, 2.45) is 0 Å². The van der Waals surface area contributed by atoms with Gasteiger partial charge in [-0.15, -0.1) is 10.2 Å². The molecule has 4 nitrogen and oxygen atoms in total. The first-order chi connectivity index (χ1) is 12.8. The van der Waals surface area contributed by atoms with E-state index >= 15 is 0 Å². The van der Waals surface area contributed by atoms with Gasteiger partial charge < -0.3 is 4.98 Å². The summed E-state index contributed by atoms with van der Waals surface area (Å²) in [5.41, 5.74) is 0.556.